The summed E-state index contributed by atoms with van der Waals surface area (Å²) < 4.78 is 5.12. The number of para-hydroxylation sites is 2. The highest BCUT2D eigenvalue weighted by Crippen LogP contribution is 2.43. The number of anilines is 2. The lowest BCUT2D eigenvalue weighted by atomic mass is 10.0. The van der Waals surface area contributed by atoms with E-state index >= 15 is 0 Å². The van der Waals surface area contributed by atoms with E-state index in [4.69, 9.17) is 4.42 Å². The van der Waals surface area contributed by atoms with Crippen molar-refractivity contribution in [2.24, 2.45) is 5.92 Å². The van der Waals surface area contributed by atoms with Gasteiger partial charge in [-0.2, -0.15) is 0 Å². The Balaban J connectivity index is 1.47. The van der Waals surface area contributed by atoms with Crippen molar-refractivity contribution < 1.29 is 18.8 Å². The van der Waals surface area contributed by atoms with Gasteiger partial charge in [-0.25, -0.2) is 0 Å². The molecule has 2 atom stereocenters. The second kappa shape index (κ2) is 8.94. The van der Waals surface area contributed by atoms with Crippen molar-refractivity contribution in [2.75, 3.05) is 16.3 Å². The Morgan fingerprint density at radius 3 is 2.45 bits per heavy atom. The number of carbonyl (C=O) groups is 3. The number of hydrogen-bond acceptors (Lipinski definition) is 4. The number of rotatable bonds is 5. The summed E-state index contributed by atoms with van der Waals surface area (Å²) in [4.78, 5) is 43.0. The first kappa shape index (κ1) is 21.0. The minimum atomic E-state index is -0.443. The first-order valence-electron chi connectivity index (χ1n) is 11.2. The molecule has 0 bridgehead atoms. The smallest absolute Gasteiger partial charge is 0.287 e. The van der Waals surface area contributed by atoms with Crippen LogP contribution in [0.1, 0.15) is 35.4 Å². The van der Waals surface area contributed by atoms with Gasteiger partial charge in [0.05, 0.1) is 36.6 Å². The van der Waals surface area contributed by atoms with Gasteiger partial charge in [0, 0.05) is 6.04 Å². The zero-order chi connectivity index (χ0) is 22.8. The topological polar surface area (TPSA) is 82.9 Å². The maximum atomic E-state index is 13.7. The van der Waals surface area contributed by atoms with E-state index in [9.17, 15) is 14.4 Å². The first-order valence-corrected chi connectivity index (χ1v) is 11.2. The second-order valence-electron chi connectivity index (χ2n) is 8.43. The lowest BCUT2D eigenvalue weighted by Crippen LogP contribution is -2.48. The average Bonchev–Trinajstić information content (AvgIpc) is 3.53. The fourth-order valence-corrected chi connectivity index (χ4v) is 4.92. The minimum Gasteiger partial charge on any atom is -0.459 e. The summed E-state index contributed by atoms with van der Waals surface area (Å²) >= 11 is 0. The molecule has 2 aliphatic rings. The molecule has 1 fully saturated rings. The largest absolute Gasteiger partial charge is 0.459 e. The standard InChI is InChI=1S/C26H25N3O4/c30-24(16-27-25(31)23-14-7-15-33-23)29-20-13-6-10-19(20)26(32)28(17-18-8-2-1-3-9-18)21-11-4-5-12-22(21)29/h1-5,7-9,11-12,14-15,19-20H,6,10,13,16-17H2,(H,27,31)/t19-,20+/m0/s1. The highest BCUT2D eigenvalue weighted by atomic mass is 16.3. The SMILES string of the molecule is O=C(NCC(=O)N1c2ccccc2N(Cc2ccccc2)C(=O)[C@H]2CCC[C@H]21)c1ccco1. The van der Waals surface area contributed by atoms with Crippen LogP contribution in [0.3, 0.4) is 0 Å². The summed E-state index contributed by atoms with van der Waals surface area (Å²) in [5, 5.41) is 2.65. The molecule has 0 spiro atoms. The van der Waals surface area contributed by atoms with Crippen LogP contribution in [-0.4, -0.2) is 30.3 Å². The van der Waals surface area contributed by atoms with E-state index < -0.39 is 5.91 Å². The van der Waals surface area contributed by atoms with E-state index in [1.165, 1.54) is 6.26 Å². The van der Waals surface area contributed by atoms with E-state index in [0.29, 0.717) is 17.9 Å². The molecule has 0 saturated heterocycles. The molecule has 0 radical (unpaired) electrons. The van der Waals surface area contributed by atoms with Gasteiger partial charge < -0.3 is 19.5 Å². The molecule has 1 aromatic heterocycles. The van der Waals surface area contributed by atoms with Gasteiger partial charge >= 0.3 is 0 Å². The van der Waals surface area contributed by atoms with Crippen LogP contribution in [0.4, 0.5) is 11.4 Å². The molecular weight excluding hydrogens is 418 g/mol. The summed E-state index contributed by atoms with van der Waals surface area (Å²) in [6, 6.07) is 20.3. The number of amides is 3. The predicted molar refractivity (Wildman–Crippen MR) is 124 cm³/mol. The minimum absolute atomic E-state index is 0.0451. The fraction of sp³-hybridized carbons (Fsp3) is 0.269. The van der Waals surface area contributed by atoms with Gasteiger partial charge in [-0.1, -0.05) is 48.9 Å². The lowest BCUT2D eigenvalue weighted by Gasteiger charge is -2.30. The van der Waals surface area contributed by atoms with Gasteiger partial charge in [0.2, 0.25) is 11.8 Å². The van der Waals surface area contributed by atoms with Crippen molar-refractivity contribution in [3.8, 4) is 0 Å². The number of hydrogen-bond donors (Lipinski definition) is 1. The quantitative estimate of drug-likeness (QED) is 0.651. The predicted octanol–water partition coefficient (Wildman–Crippen LogP) is 3.76. The number of benzene rings is 2. The van der Waals surface area contributed by atoms with E-state index in [1.54, 1.807) is 17.0 Å². The molecule has 5 rings (SSSR count). The third-order valence-corrected chi connectivity index (χ3v) is 6.42. The van der Waals surface area contributed by atoms with Gasteiger partial charge in [0.1, 0.15) is 0 Å². The van der Waals surface area contributed by atoms with Gasteiger partial charge in [0.25, 0.3) is 5.91 Å². The fourth-order valence-electron chi connectivity index (χ4n) is 4.92. The van der Waals surface area contributed by atoms with Crippen molar-refractivity contribution in [1.82, 2.24) is 5.32 Å². The molecule has 7 heteroatoms. The van der Waals surface area contributed by atoms with Crippen LogP contribution in [0.15, 0.2) is 77.4 Å². The Morgan fingerprint density at radius 1 is 0.939 bits per heavy atom. The van der Waals surface area contributed by atoms with Crippen LogP contribution < -0.4 is 15.1 Å². The summed E-state index contributed by atoms with van der Waals surface area (Å²) in [6.07, 6.45) is 3.79. The van der Waals surface area contributed by atoms with Crippen LogP contribution in [0, 0.1) is 5.92 Å². The maximum Gasteiger partial charge on any atom is 0.287 e. The molecular formula is C26H25N3O4. The van der Waals surface area contributed by atoms with Crippen molar-refractivity contribution in [3.05, 3.63) is 84.3 Å². The lowest BCUT2D eigenvalue weighted by molar-refractivity contribution is -0.123. The van der Waals surface area contributed by atoms with Crippen LogP contribution in [0.2, 0.25) is 0 Å². The molecule has 1 aliphatic heterocycles. The molecule has 1 N–H and O–H groups in total. The first-order chi connectivity index (χ1) is 16.1. The monoisotopic (exact) mass is 443 g/mol. The van der Waals surface area contributed by atoms with Crippen LogP contribution >= 0.6 is 0 Å². The van der Waals surface area contributed by atoms with Crippen LogP contribution in [0.5, 0.6) is 0 Å². The van der Waals surface area contributed by atoms with Crippen molar-refractivity contribution in [2.45, 2.75) is 31.8 Å². The van der Waals surface area contributed by atoms with Gasteiger partial charge in [-0.15, -0.1) is 0 Å². The van der Waals surface area contributed by atoms with E-state index in [-0.39, 0.29) is 36.1 Å². The number of furan rings is 1. The van der Waals surface area contributed by atoms with Gasteiger partial charge in [-0.05, 0) is 42.7 Å². The van der Waals surface area contributed by atoms with Crippen molar-refractivity contribution >= 4 is 29.1 Å². The molecule has 7 nitrogen and oxygen atoms in total. The Hall–Kier alpha value is -3.87. The van der Waals surface area contributed by atoms with Crippen LogP contribution in [0.25, 0.3) is 0 Å². The Labute approximate surface area is 192 Å². The molecule has 3 aromatic rings. The Bertz CT molecular complexity index is 1160. The summed E-state index contributed by atoms with van der Waals surface area (Å²) in [5.74, 6) is -0.758. The Kier molecular flexibility index (Phi) is 5.69. The maximum absolute atomic E-state index is 13.7. The molecule has 2 heterocycles. The summed E-state index contributed by atoms with van der Waals surface area (Å²) in [7, 11) is 0. The van der Waals surface area contributed by atoms with E-state index in [2.05, 4.69) is 5.32 Å². The number of fused-ring (bicyclic) bond motifs is 2. The average molecular weight is 444 g/mol. The van der Waals surface area contributed by atoms with Gasteiger partial charge in [-0.3, -0.25) is 14.4 Å². The Morgan fingerprint density at radius 2 is 1.70 bits per heavy atom. The van der Waals surface area contributed by atoms with Crippen molar-refractivity contribution in [1.29, 1.82) is 0 Å². The zero-order valence-electron chi connectivity index (χ0n) is 18.1. The summed E-state index contributed by atoms with van der Waals surface area (Å²) in [5.41, 5.74) is 2.44. The second-order valence-corrected chi connectivity index (χ2v) is 8.43. The third-order valence-electron chi connectivity index (χ3n) is 6.42. The summed E-state index contributed by atoms with van der Waals surface area (Å²) in [6.45, 7) is 0.265. The molecule has 3 amide bonds. The number of carbonyl (C=O) groups excluding carboxylic acids is 3. The molecule has 1 aliphatic carbocycles. The highest BCUT2D eigenvalue weighted by Gasteiger charge is 2.45. The number of nitrogens with zero attached hydrogens (tertiary/aromatic N) is 2. The third kappa shape index (κ3) is 4.02. The number of nitrogens with one attached hydrogen (secondary N) is 1. The highest BCUT2D eigenvalue weighted by molar-refractivity contribution is 6.08. The van der Waals surface area contributed by atoms with Crippen LogP contribution in [-0.2, 0) is 16.1 Å². The molecule has 2 aromatic carbocycles. The molecule has 0 unspecified atom stereocenters. The molecule has 168 valence electrons. The molecule has 33 heavy (non-hydrogen) atoms. The zero-order valence-corrected chi connectivity index (χ0v) is 18.1. The van der Waals surface area contributed by atoms with E-state index in [1.807, 2.05) is 59.5 Å². The normalized spacial score (nSPS) is 19.6. The van der Waals surface area contributed by atoms with Crippen molar-refractivity contribution in [3.63, 3.8) is 0 Å². The van der Waals surface area contributed by atoms with E-state index in [0.717, 1.165) is 24.8 Å². The molecule has 1 saturated carbocycles. The van der Waals surface area contributed by atoms with Gasteiger partial charge in [0.15, 0.2) is 5.76 Å².